The Morgan fingerprint density at radius 2 is 1.94 bits per heavy atom. The third kappa shape index (κ3) is 2.37. The monoisotopic (exact) mass is 248 g/mol. The molecule has 86 valence electrons. The van der Waals surface area contributed by atoms with Gasteiger partial charge in [0, 0.05) is 5.56 Å². The van der Waals surface area contributed by atoms with Crippen molar-refractivity contribution in [3.05, 3.63) is 58.4 Å². The molecule has 0 aliphatic rings. The molecular weight excluding hydrogens is 239 g/mol. The quantitative estimate of drug-likeness (QED) is 0.726. The molecule has 0 amide bonds. The number of benzene rings is 2. The van der Waals surface area contributed by atoms with Crippen molar-refractivity contribution in [2.24, 2.45) is 0 Å². The van der Waals surface area contributed by atoms with Gasteiger partial charge < -0.3 is 0 Å². The van der Waals surface area contributed by atoms with E-state index < -0.39 is 0 Å². The van der Waals surface area contributed by atoms with E-state index in [0.29, 0.717) is 16.9 Å². The SMILES string of the molecule is Cc1ccc(F)cc1-c1ccc(C=O)c(Cl)c1. The van der Waals surface area contributed by atoms with Crippen LogP contribution in [0, 0.1) is 12.7 Å². The van der Waals surface area contributed by atoms with Crippen LogP contribution in [0.15, 0.2) is 36.4 Å². The fourth-order valence-electron chi connectivity index (χ4n) is 1.70. The molecule has 17 heavy (non-hydrogen) atoms. The molecule has 1 nitrogen and oxygen atoms in total. The molecule has 0 bridgehead atoms. The highest BCUT2D eigenvalue weighted by Crippen LogP contribution is 2.28. The molecule has 0 radical (unpaired) electrons. The van der Waals surface area contributed by atoms with Crippen LogP contribution in [-0.2, 0) is 0 Å². The topological polar surface area (TPSA) is 17.1 Å². The Hall–Kier alpha value is -1.67. The first-order valence-corrected chi connectivity index (χ1v) is 5.51. The zero-order valence-corrected chi connectivity index (χ0v) is 9.96. The van der Waals surface area contributed by atoms with Crippen LogP contribution in [0.1, 0.15) is 15.9 Å². The second-order valence-electron chi connectivity index (χ2n) is 3.81. The molecule has 0 saturated heterocycles. The van der Waals surface area contributed by atoms with Gasteiger partial charge in [0.05, 0.1) is 5.02 Å². The molecule has 0 N–H and O–H groups in total. The Balaban J connectivity index is 2.57. The van der Waals surface area contributed by atoms with Crippen molar-refractivity contribution in [3.63, 3.8) is 0 Å². The van der Waals surface area contributed by atoms with Crippen molar-refractivity contribution in [2.45, 2.75) is 6.92 Å². The minimum atomic E-state index is -0.291. The van der Waals surface area contributed by atoms with E-state index in [1.54, 1.807) is 24.3 Å². The largest absolute Gasteiger partial charge is 0.298 e. The standard InChI is InChI=1S/C14H10ClFO/c1-9-2-5-12(16)7-13(9)10-3-4-11(8-17)14(15)6-10/h2-8H,1H3. The molecule has 2 rings (SSSR count). The van der Waals surface area contributed by atoms with Gasteiger partial charge >= 0.3 is 0 Å². The number of aryl methyl sites for hydroxylation is 1. The van der Waals surface area contributed by atoms with Gasteiger partial charge in [-0.15, -0.1) is 0 Å². The smallest absolute Gasteiger partial charge is 0.151 e. The van der Waals surface area contributed by atoms with Crippen molar-refractivity contribution in [1.82, 2.24) is 0 Å². The van der Waals surface area contributed by atoms with E-state index in [9.17, 15) is 9.18 Å². The molecule has 0 fully saturated rings. The van der Waals surface area contributed by atoms with E-state index in [-0.39, 0.29) is 5.82 Å². The maximum Gasteiger partial charge on any atom is 0.151 e. The number of hydrogen-bond acceptors (Lipinski definition) is 1. The highest BCUT2D eigenvalue weighted by atomic mass is 35.5. The van der Waals surface area contributed by atoms with Gasteiger partial charge in [-0.1, -0.05) is 23.7 Å². The highest BCUT2D eigenvalue weighted by molar-refractivity contribution is 6.33. The third-order valence-electron chi connectivity index (χ3n) is 2.64. The summed E-state index contributed by atoms with van der Waals surface area (Å²) in [5.41, 5.74) is 2.98. The van der Waals surface area contributed by atoms with Crippen molar-refractivity contribution >= 4 is 17.9 Å². The Labute approximate surface area is 104 Å². The van der Waals surface area contributed by atoms with Crippen LogP contribution in [0.3, 0.4) is 0 Å². The summed E-state index contributed by atoms with van der Waals surface area (Å²) >= 11 is 5.95. The maximum absolute atomic E-state index is 13.2. The van der Waals surface area contributed by atoms with Gasteiger partial charge in [0.2, 0.25) is 0 Å². The lowest BCUT2D eigenvalue weighted by atomic mass is 9.99. The van der Waals surface area contributed by atoms with Crippen LogP contribution in [0.25, 0.3) is 11.1 Å². The lowest BCUT2D eigenvalue weighted by molar-refractivity contribution is 0.112. The number of hydrogen-bond donors (Lipinski definition) is 0. The van der Waals surface area contributed by atoms with Crippen molar-refractivity contribution in [1.29, 1.82) is 0 Å². The molecule has 0 spiro atoms. The second kappa shape index (κ2) is 4.68. The predicted octanol–water partition coefficient (Wildman–Crippen LogP) is 4.27. The molecule has 0 aliphatic carbocycles. The average molecular weight is 249 g/mol. The fourth-order valence-corrected chi connectivity index (χ4v) is 1.92. The van der Waals surface area contributed by atoms with Gasteiger partial charge in [0.1, 0.15) is 5.82 Å². The van der Waals surface area contributed by atoms with Crippen LogP contribution < -0.4 is 0 Å². The van der Waals surface area contributed by atoms with Crippen LogP contribution in [0.4, 0.5) is 4.39 Å². The lowest BCUT2D eigenvalue weighted by Gasteiger charge is -2.07. The van der Waals surface area contributed by atoms with E-state index in [0.717, 1.165) is 16.7 Å². The van der Waals surface area contributed by atoms with Gasteiger partial charge in [-0.05, 0) is 47.9 Å². The van der Waals surface area contributed by atoms with Crippen LogP contribution >= 0.6 is 11.6 Å². The Bertz CT molecular complexity index is 578. The van der Waals surface area contributed by atoms with Gasteiger partial charge in [0.25, 0.3) is 0 Å². The summed E-state index contributed by atoms with van der Waals surface area (Å²) in [6, 6.07) is 9.66. The predicted molar refractivity (Wildman–Crippen MR) is 67.0 cm³/mol. The van der Waals surface area contributed by atoms with Gasteiger partial charge in [-0.3, -0.25) is 4.79 Å². The lowest BCUT2D eigenvalue weighted by Crippen LogP contribution is -1.88. The molecule has 0 heterocycles. The summed E-state index contributed by atoms with van der Waals surface area (Å²) in [4.78, 5) is 10.7. The average Bonchev–Trinajstić information content (AvgIpc) is 2.32. The van der Waals surface area contributed by atoms with E-state index in [2.05, 4.69) is 0 Å². The van der Waals surface area contributed by atoms with Crippen molar-refractivity contribution < 1.29 is 9.18 Å². The number of carbonyl (C=O) groups excluding carboxylic acids is 1. The summed E-state index contributed by atoms with van der Waals surface area (Å²) in [6.45, 7) is 1.90. The third-order valence-corrected chi connectivity index (χ3v) is 2.97. The Morgan fingerprint density at radius 1 is 1.18 bits per heavy atom. The number of rotatable bonds is 2. The minimum absolute atomic E-state index is 0.291. The summed E-state index contributed by atoms with van der Waals surface area (Å²) < 4.78 is 13.2. The Kier molecular flexibility index (Phi) is 3.25. The summed E-state index contributed by atoms with van der Waals surface area (Å²) in [7, 11) is 0. The molecule has 3 heteroatoms. The molecule has 0 atom stereocenters. The van der Waals surface area contributed by atoms with E-state index in [1.807, 2.05) is 6.92 Å². The van der Waals surface area contributed by atoms with Gasteiger partial charge in [-0.2, -0.15) is 0 Å². The number of carbonyl (C=O) groups is 1. The first-order chi connectivity index (χ1) is 8.11. The van der Waals surface area contributed by atoms with Crippen molar-refractivity contribution in [3.8, 4) is 11.1 Å². The van der Waals surface area contributed by atoms with Crippen LogP contribution in [-0.4, -0.2) is 6.29 Å². The molecular formula is C14H10ClFO. The summed E-state index contributed by atoms with van der Waals surface area (Å²) in [6.07, 6.45) is 0.699. The fraction of sp³-hybridized carbons (Fsp3) is 0.0714. The molecule has 0 aromatic heterocycles. The first-order valence-electron chi connectivity index (χ1n) is 5.13. The molecule has 0 aliphatic heterocycles. The summed E-state index contributed by atoms with van der Waals surface area (Å²) in [5, 5.41) is 0.376. The second-order valence-corrected chi connectivity index (χ2v) is 4.22. The van der Waals surface area contributed by atoms with Gasteiger partial charge in [0.15, 0.2) is 6.29 Å². The molecule has 2 aromatic rings. The van der Waals surface area contributed by atoms with E-state index in [1.165, 1.54) is 12.1 Å². The minimum Gasteiger partial charge on any atom is -0.298 e. The van der Waals surface area contributed by atoms with Crippen molar-refractivity contribution in [2.75, 3.05) is 0 Å². The number of aldehydes is 1. The molecule has 0 saturated carbocycles. The molecule has 2 aromatic carbocycles. The Morgan fingerprint density at radius 3 is 2.59 bits per heavy atom. The van der Waals surface area contributed by atoms with Gasteiger partial charge in [-0.25, -0.2) is 4.39 Å². The van der Waals surface area contributed by atoms with E-state index in [4.69, 9.17) is 11.6 Å². The highest BCUT2D eigenvalue weighted by Gasteiger charge is 2.06. The maximum atomic E-state index is 13.2. The normalized spacial score (nSPS) is 10.3. The first kappa shape index (κ1) is 11.8. The number of halogens is 2. The van der Waals surface area contributed by atoms with Crippen LogP contribution in [0.2, 0.25) is 5.02 Å². The summed E-state index contributed by atoms with van der Waals surface area (Å²) in [5.74, 6) is -0.291. The van der Waals surface area contributed by atoms with E-state index >= 15 is 0 Å². The zero-order valence-electron chi connectivity index (χ0n) is 9.21. The zero-order chi connectivity index (χ0) is 12.4. The molecule has 0 unspecified atom stereocenters. The van der Waals surface area contributed by atoms with Crippen LogP contribution in [0.5, 0.6) is 0 Å².